The summed E-state index contributed by atoms with van der Waals surface area (Å²) in [5.74, 6) is -0.609. The molecule has 42 heavy (non-hydrogen) atoms. The lowest BCUT2D eigenvalue weighted by molar-refractivity contribution is -0.140. The molecule has 0 saturated heterocycles. The summed E-state index contributed by atoms with van der Waals surface area (Å²) < 4.78 is 16.7. The maximum atomic E-state index is 15.1. The molecular weight excluding hydrogens is 557 g/mol. The monoisotopic (exact) mass is 591 g/mol. The molecule has 1 amide bonds. The van der Waals surface area contributed by atoms with Gasteiger partial charge in [0.15, 0.2) is 5.78 Å². The fourth-order valence-corrected chi connectivity index (χ4v) is 8.13. The molecule has 7 rings (SSSR count). The van der Waals surface area contributed by atoms with Crippen molar-refractivity contribution in [3.63, 3.8) is 0 Å². The van der Waals surface area contributed by atoms with E-state index in [4.69, 9.17) is 16.6 Å². The fraction of sp³-hybridized carbons (Fsp3) is 0.515. The van der Waals surface area contributed by atoms with Crippen molar-refractivity contribution in [1.82, 2.24) is 14.9 Å². The van der Waals surface area contributed by atoms with Gasteiger partial charge in [-0.15, -0.1) is 0 Å². The van der Waals surface area contributed by atoms with E-state index in [0.717, 1.165) is 29.4 Å². The van der Waals surface area contributed by atoms with Gasteiger partial charge in [-0.05, 0) is 67.1 Å². The summed E-state index contributed by atoms with van der Waals surface area (Å²) in [7, 11) is 0. The molecule has 0 bridgehead atoms. The normalized spacial score (nSPS) is 23.4. The maximum Gasteiger partial charge on any atom is 0.254 e. The van der Waals surface area contributed by atoms with Crippen LogP contribution in [0.1, 0.15) is 93.7 Å². The Bertz CT molecular complexity index is 1790. The number of rotatable bonds is 4. The van der Waals surface area contributed by atoms with E-state index in [1.807, 2.05) is 0 Å². The Morgan fingerprint density at radius 3 is 2.57 bits per heavy atom. The molecule has 1 saturated carbocycles. The number of hydrogen-bond acceptors (Lipinski definition) is 5. The second kappa shape index (κ2) is 9.20. The topological polar surface area (TPSA) is 101 Å². The number of Topliss-reactive ketones (excluding diaryl/α,β-unsaturated/α-hetero) is 1. The summed E-state index contributed by atoms with van der Waals surface area (Å²) in [4.78, 5) is 45.4. The smallest absolute Gasteiger partial charge is 0.254 e. The molecule has 3 aromatic rings. The summed E-state index contributed by atoms with van der Waals surface area (Å²) in [5, 5.41) is 15.5. The first-order chi connectivity index (χ1) is 19.8. The number of amides is 1. The van der Waals surface area contributed by atoms with Crippen LogP contribution in [0.2, 0.25) is 5.02 Å². The molecule has 3 atom stereocenters. The summed E-state index contributed by atoms with van der Waals surface area (Å²) >= 11 is 6.50. The van der Waals surface area contributed by atoms with Crippen LogP contribution >= 0.6 is 11.6 Å². The molecule has 1 aromatic carbocycles. The van der Waals surface area contributed by atoms with Gasteiger partial charge in [0.25, 0.3) is 5.56 Å². The third kappa shape index (κ3) is 3.87. The zero-order valence-corrected chi connectivity index (χ0v) is 25.1. The van der Waals surface area contributed by atoms with Crippen LogP contribution in [0.4, 0.5) is 4.39 Å². The van der Waals surface area contributed by atoms with Crippen LogP contribution in [0, 0.1) is 23.1 Å². The average Bonchev–Trinajstić information content (AvgIpc) is 3.68. The number of halogens is 2. The van der Waals surface area contributed by atoms with Gasteiger partial charge in [0.2, 0.25) is 5.91 Å². The number of aryl methyl sites for hydroxylation is 1. The summed E-state index contributed by atoms with van der Waals surface area (Å²) in [6.07, 6.45) is 3.65. The zero-order valence-electron chi connectivity index (χ0n) is 24.4. The molecule has 2 aromatic heterocycles. The number of fused-ring (bicyclic) bond motifs is 5. The highest BCUT2D eigenvalue weighted by atomic mass is 35.5. The van der Waals surface area contributed by atoms with E-state index in [9.17, 15) is 19.5 Å². The summed E-state index contributed by atoms with van der Waals surface area (Å²) in [6, 6.07) is 2.69. The van der Waals surface area contributed by atoms with Gasteiger partial charge >= 0.3 is 0 Å². The van der Waals surface area contributed by atoms with Gasteiger partial charge in [0, 0.05) is 40.5 Å². The van der Waals surface area contributed by atoms with Crippen LogP contribution in [0.15, 0.2) is 16.9 Å². The number of benzene rings is 1. The molecule has 7 nitrogen and oxygen atoms in total. The lowest BCUT2D eigenvalue weighted by Crippen LogP contribution is -2.43. The molecule has 220 valence electrons. The van der Waals surface area contributed by atoms with E-state index in [1.165, 1.54) is 6.07 Å². The van der Waals surface area contributed by atoms with Crippen LogP contribution in [-0.2, 0) is 34.6 Å². The highest BCUT2D eigenvalue weighted by Crippen LogP contribution is 2.49. The molecule has 1 fully saturated rings. The Balaban J connectivity index is 1.43. The van der Waals surface area contributed by atoms with Gasteiger partial charge in [0.05, 0.1) is 34.5 Å². The quantitative estimate of drug-likeness (QED) is 0.326. The van der Waals surface area contributed by atoms with E-state index >= 15 is 4.39 Å². The molecule has 3 heterocycles. The van der Waals surface area contributed by atoms with Crippen LogP contribution in [-0.4, -0.2) is 26.3 Å². The molecule has 0 unspecified atom stereocenters. The van der Waals surface area contributed by atoms with E-state index in [0.29, 0.717) is 52.4 Å². The van der Waals surface area contributed by atoms with Crippen molar-refractivity contribution >= 4 is 34.2 Å². The first kappa shape index (κ1) is 27.7. The van der Waals surface area contributed by atoms with Crippen molar-refractivity contribution in [2.24, 2.45) is 17.3 Å². The number of carbonyl (C=O) groups excluding carboxylic acids is 2. The fourth-order valence-electron chi connectivity index (χ4n) is 7.89. The number of pyridine rings is 2. The largest absolute Gasteiger partial charge is 0.377 e. The maximum absolute atomic E-state index is 15.1. The number of hydrogen-bond donors (Lipinski definition) is 2. The lowest BCUT2D eigenvalue weighted by Gasteiger charge is -2.34. The van der Waals surface area contributed by atoms with Crippen molar-refractivity contribution in [1.29, 1.82) is 0 Å². The Morgan fingerprint density at radius 1 is 1.17 bits per heavy atom. The van der Waals surface area contributed by atoms with Gasteiger partial charge in [-0.1, -0.05) is 39.3 Å². The Labute approximate surface area is 248 Å². The molecule has 4 aliphatic rings. The molecule has 9 heteroatoms. The SMILES string of the molecule is CC[C@@]1(O)C(=O)CCc2c1cc1n(c2=O)Cc2c-1nc1cc(F)c(Cl)c3c1c2[C@@H](NC(=O)[C@H](C1CC1)C(C)(C)C)CC3. The van der Waals surface area contributed by atoms with E-state index < -0.39 is 11.4 Å². The Morgan fingerprint density at radius 2 is 1.90 bits per heavy atom. The minimum Gasteiger partial charge on any atom is -0.377 e. The van der Waals surface area contributed by atoms with Gasteiger partial charge < -0.3 is 15.0 Å². The summed E-state index contributed by atoms with van der Waals surface area (Å²) in [6.45, 7) is 8.27. The molecule has 0 radical (unpaired) electrons. The minimum absolute atomic E-state index is 0.0139. The van der Waals surface area contributed by atoms with Crippen LogP contribution < -0.4 is 10.9 Å². The van der Waals surface area contributed by atoms with Crippen molar-refractivity contribution in [3.8, 4) is 11.4 Å². The molecular formula is C33H35ClFN3O4. The molecule has 1 aliphatic heterocycles. The van der Waals surface area contributed by atoms with E-state index in [1.54, 1.807) is 17.6 Å². The summed E-state index contributed by atoms with van der Waals surface area (Å²) in [5.41, 5.74) is 2.32. The number of ketones is 1. The van der Waals surface area contributed by atoms with Gasteiger partial charge in [-0.2, -0.15) is 0 Å². The molecule has 2 N–H and O–H groups in total. The van der Waals surface area contributed by atoms with Crippen molar-refractivity contribution < 1.29 is 19.1 Å². The molecule has 0 spiro atoms. The van der Waals surface area contributed by atoms with Crippen LogP contribution in [0.3, 0.4) is 0 Å². The highest BCUT2D eigenvalue weighted by Gasteiger charge is 2.46. The van der Waals surface area contributed by atoms with Gasteiger partial charge in [-0.25, -0.2) is 9.37 Å². The lowest BCUT2D eigenvalue weighted by atomic mass is 9.76. The standard InChI is InChI=1S/C33H35ClFN3O4/c1-5-33(42)19-12-23-29-18(14-38(23)31(41)16(19)9-11-24(33)39)26-21(37-30(40)27(15-6-7-15)32(2,3)4)10-8-17-25(26)22(36-29)13-20(35)28(17)34/h12-13,15,21,27,42H,5-11,14H2,1-4H3,(H,37,40)/t21-,27-,33-/m0/s1. The van der Waals surface area contributed by atoms with Crippen molar-refractivity contribution in [3.05, 3.63) is 61.1 Å². The minimum atomic E-state index is -1.73. The van der Waals surface area contributed by atoms with E-state index in [2.05, 4.69) is 26.1 Å². The predicted octanol–water partition coefficient (Wildman–Crippen LogP) is 5.51. The predicted molar refractivity (Wildman–Crippen MR) is 158 cm³/mol. The Hall–Kier alpha value is -3.10. The third-order valence-electron chi connectivity index (χ3n) is 10.0. The first-order valence-electron chi connectivity index (χ1n) is 15.0. The molecule has 3 aliphatic carbocycles. The zero-order chi connectivity index (χ0) is 29.9. The van der Waals surface area contributed by atoms with Gasteiger partial charge in [0.1, 0.15) is 11.4 Å². The second-order valence-corrected chi connectivity index (χ2v) is 14.0. The second-order valence-electron chi connectivity index (χ2n) is 13.6. The average molecular weight is 592 g/mol. The first-order valence-corrected chi connectivity index (χ1v) is 15.4. The third-order valence-corrected chi connectivity index (χ3v) is 10.5. The van der Waals surface area contributed by atoms with E-state index in [-0.39, 0.29) is 65.5 Å². The van der Waals surface area contributed by atoms with Crippen LogP contribution in [0.5, 0.6) is 0 Å². The van der Waals surface area contributed by atoms with Crippen molar-refractivity contribution in [2.75, 3.05) is 0 Å². The Kier molecular flexibility index (Phi) is 6.07. The number of aliphatic hydroxyl groups is 1. The van der Waals surface area contributed by atoms with Gasteiger partial charge in [-0.3, -0.25) is 14.4 Å². The highest BCUT2D eigenvalue weighted by molar-refractivity contribution is 6.32. The van der Waals surface area contributed by atoms with Crippen LogP contribution in [0.25, 0.3) is 22.3 Å². The number of aromatic nitrogens is 2. The number of nitrogens with one attached hydrogen (secondary N) is 1. The number of carbonyl (C=O) groups is 2. The number of nitrogens with zero attached hydrogens (tertiary/aromatic N) is 2. The van der Waals surface area contributed by atoms with Crippen molar-refractivity contribution in [2.45, 2.75) is 90.8 Å².